The minimum absolute atomic E-state index is 0.752. The van der Waals surface area contributed by atoms with E-state index >= 15 is 0 Å². The second-order valence-corrected chi connectivity index (χ2v) is 5.66. The van der Waals surface area contributed by atoms with Crippen LogP contribution < -0.4 is 16.2 Å². The summed E-state index contributed by atoms with van der Waals surface area (Å²) in [6.45, 7) is 6.27. The lowest BCUT2D eigenvalue weighted by molar-refractivity contribution is 0.788. The van der Waals surface area contributed by atoms with Crippen molar-refractivity contribution < 1.29 is 0 Å². The maximum atomic E-state index is 5.55. The molecular weight excluding hydrogens is 246 g/mol. The number of nitrogens with one attached hydrogen (secondary N) is 1. The maximum absolute atomic E-state index is 5.55. The number of anilines is 2. The van der Waals surface area contributed by atoms with E-state index in [4.69, 9.17) is 10.8 Å². The summed E-state index contributed by atoms with van der Waals surface area (Å²) < 4.78 is 0. The number of hydrogen-bond acceptors (Lipinski definition) is 6. The molecule has 1 aromatic rings. The summed E-state index contributed by atoms with van der Waals surface area (Å²) >= 11 is 2.00. The molecule has 0 saturated carbocycles. The van der Waals surface area contributed by atoms with Gasteiger partial charge in [-0.25, -0.2) is 15.8 Å². The fourth-order valence-corrected chi connectivity index (χ4v) is 3.01. The van der Waals surface area contributed by atoms with E-state index in [0.29, 0.717) is 0 Å². The Labute approximate surface area is 113 Å². The lowest BCUT2D eigenvalue weighted by Crippen LogP contribution is -2.34. The molecule has 0 bridgehead atoms. The Balaban J connectivity index is 2.33. The highest BCUT2D eigenvalue weighted by Crippen LogP contribution is 2.25. The zero-order valence-corrected chi connectivity index (χ0v) is 11.9. The number of nitrogens with zero attached hydrogens (tertiary/aromatic N) is 3. The summed E-state index contributed by atoms with van der Waals surface area (Å²) in [7, 11) is 0. The number of hydrogen-bond donors (Lipinski definition) is 2. The lowest BCUT2D eigenvalue weighted by Gasteiger charge is -2.29. The van der Waals surface area contributed by atoms with Gasteiger partial charge in [-0.05, 0) is 13.3 Å². The molecule has 100 valence electrons. The molecule has 1 saturated heterocycles. The fourth-order valence-electron chi connectivity index (χ4n) is 2.11. The van der Waals surface area contributed by atoms with Gasteiger partial charge in [0, 0.05) is 36.6 Å². The molecule has 2 rings (SSSR count). The molecule has 6 heteroatoms. The van der Waals surface area contributed by atoms with Crippen LogP contribution in [0.1, 0.15) is 24.7 Å². The van der Waals surface area contributed by atoms with Crippen LogP contribution in [0.4, 0.5) is 11.6 Å². The van der Waals surface area contributed by atoms with Crippen LogP contribution in [0.15, 0.2) is 0 Å². The van der Waals surface area contributed by atoms with E-state index in [9.17, 15) is 0 Å². The Morgan fingerprint density at radius 3 is 2.67 bits per heavy atom. The Bertz CT molecular complexity index is 404. The van der Waals surface area contributed by atoms with Gasteiger partial charge in [-0.15, -0.1) is 0 Å². The van der Waals surface area contributed by atoms with Crippen molar-refractivity contribution in [3.63, 3.8) is 0 Å². The summed E-state index contributed by atoms with van der Waals surface area (Å²) in [6, 6.07) is 0. The van der Waals surface area contributed by atoms with Crippen molar-refractivity contribution in [2.45, 2.75) is 26.7 Å². The normalized spacial score (nSPS) is 15.8. The quantitative estimate of drug-likeness (QED) is 0.638. The van der Waals surface area contributed by atoms with E-state index in [0.717, 1.165) is 60.5 Å². The largest absolute Gasteiger partial charge is 0.355 e. The maximum Gasteiger partial charge on any atom is 0.148 e. The Hall–Kier alpha value is -1.01. The molecular formula is C12H21N5S. The van der Waals surface area contributed by atoms with Gasteiger partial charge in [0.25, 0.3) is 0 Å². The van der Waals surface area contributed by atoms with Crippen LogP contribution >= 0.6 is 11.8 Å². The molecule has 2 heterocycles. The number of aryl methyl sites for hydroxylation is 1. The second kappa shape index (κ2) is 6.24. The van der Waals surface area contributed by atoms with Gasteiger partial charge in [-0.2, -0.15) is 11.8 Å². The zero-order valence-electron chi connectivity index (χ0n) is 11.1. The average molecular weight is 267 g/mol. The molecule has 0 atom stereocenters. The van der Waals surface area contributed by atoms with Crippen LogP contribution in [-0.2, 0) is 6.42 Å². The first-order valence-electron chi connectivity index (χ1n) is 6.43. The topological polar surface area (TPSA) is 67.1 Å². The van der Waals surface area contributed by atoms with Crippen molar-refractivity contribution in [2.75, 3.05) is 34.9 Å². The van der Waals surface area contributed by atoms with Gasteiger partial charge in [0.05, 0.1) is 0 Å². The third-order valence-electron chi connectivity index (χ3n) is 3.09. The standard InChI is InChI=1S/C12H21N5S/c1-3-4-10-14-11(16-13)9(2)12(15-10)17-5-7-18-8-6-17/h3-8,13H2,1-2H3,(H,14,15,16). The van der Waals surface area contributed by atoms with E-state index in [1.54, 1.807) is 0 Å². The summed E-state index contributed by atoms with van der Waals surface area (Å²) in [5, 5.41) is 0. The number of aromatic nitrogens is 2. The predicted octanol–water partition coefficient (Wildman–Crippen LogP) is 1.58. The molecule has 1 aromatic heterocycles. The van der Waals surface area contributed by atoms with Crippen LogP contribution in [0.2, 0.25) is 0 Å². The van der Waals surface area contributed by atoms with Crippen LogP contribution in [-0.4, -0.2) is 34.6 Å². The summed E-state index contributed by atoms with van der Waals surface area (Å²) in [5.41, 5.74) is 3.74. The van der Waals surface area contributed by atoms with Crippen molar-refractivity contribution in [1.29, 1.82) is 0 Å². The van der Waals surface area contributed by atoms with Crippen LogP contribution in [0.25, 0.3) is 0 Å². The molecule has 18 heavy (non-hydrogen) atoms. The summed E-state index contributed by atoms with van der Waals surface area (Å²) in [4.78, 5) is 11.5. The molecule has 1 aliphatic rings. The monoisotopic (exact) mass is 267 g/mol. The minimum Gasteiger partial charge on any atom is -0.355 e. The first kappa shape index (κ1) is 13.4. The van der Waals surface area contributed by atoms with E-state index in [1.807, 2.05) is 18.7 Å². The van der Waals surface area contributed by atoms with Crippen LogP contribution in [0.3, 0.4) is 0 Å². The van der Waals surface area contributed by atoms with Crippen molar-refractivity contribution in [2.24, 2.45) is 5.84 Å². The number of nitrogen functional groups attached to an aromatic ring is 1. The van der Waals surface area contributed by atoms with Crippen molar-refractivity contribution in [3.05, 3.63) is 11.4 Å². The number of nitrogens with two attached hydrogens (primary N) is 1. The van der Waals surface area contributed by atoms with Crippen molar-refractivity contribution >= 4 is 23.4 Å². The third-order valence-corrected chi connectivity index (χ3v) is 4.03. The number of rotatable bonds is 4. The highest BCUT2D eigenvalue weighted by molar-refractivity contribution is 7.99. The molecule has 1 fully saturated rings. The number of thioether (sulfide) groups is 1. The Kier molecular flexibility index (Phi) is 4.66. The molecule has 0 aromatic carbocycles. The molecule has 3 N–H and O–H groups in total. The van der Waals surface area contributed by atoms with E-state index in [-0.39, 0.29) is 0 Å². The van der Waals surface area contributed by atoms with Gasteiger partial charge in [0.15, 0.2) is 0 Å². The van der Waals surface area contributed by atoms with E-state index in [1.165, 1.54) is 0 Å². The highest BCUT2D eigenvalue weighted by atomic mass is 32.2. The lowest BCUT2D eigenvalue weighted by atomic mass is 10.2. The van der Waals surface area contributed by atoms with Crippen LogP contribution in [0, 0.1) is 6.92 Å². The minimum atomic E-state index is 0.752. The van der Waals surface area contributed by atoms with Crippen molar-refractivity contribution in [3.8, 4) is 0 Å². The Morgan fingerprint density at radius 1 is 1.33 bits per heavy atom. The predicted molar refractivity (Wildman–Crippen MR) is 78.1 cm³/mol. The van der Waals surface area contributed by atoms with Gasteiger partial charge in [0.1, 0.15) is 17.5 Å². The van der Waals surface area contributed by atoms with Gasteiger partial charge in [0.2, 0.25) is 0 Å². The smallest absolute Gasteiger partial charge is 0.148 e. The van der Waals surface area contributed by atoms with Gasteiger partial charge in [-0.1, -0.05) is 6.92 Å². The van der Waals surface area contributed by atoms with E-state index < -0.39 is 0 Å². The first-order valence-corrected chi connectivity index (χ1v) is 7.58. The second-order valence-electron chi connectivity index (χ2n) is 4.43. The molecule has 0 spiro atoms. The molecule has 0 amide bonds. The summed E-state index contributed by atoms with van der Waals surface area (Å²) in [5.74, 6) is 10.6. The van der Waals surface area contributed by atoms with Crippen LogP contribution in [0.5, 0.6) is 0 Å². The van der Waals surface area contributed by atoms with Gasteiger partial charge in [-0.3, -0.25) is 0 Å². The molecule has 1 aliphatic heterocycles. The zero-order chi connectivity index (χ0) is 13.0. The molecule has 0 unspecified atom stereocenters. The summed E-state index contributed by atoms with van der Waals surface area (Å²) in [6.07, 6.45) is 1.94. The third kappa shape index (κ3) is 2.87. The molecule has 5 nitrogen and oxygen atoms in total. The van der Waals surface area contributed by atoms with Gasteiger partial charge < -0.3 is 10.3 Å². The average Bonchev–Trinajstić information content (AvgIpc) is 2.42. The number of hydrazine groups is 1. The van der Waals surface area contributed by atoms with Crippen molar-refractivity contribution in [1.82, 2.24) is 9.97 Å². The fraction of sp³-hybridized carbons (Fsp3) is 0.667. The molecule has 0 radical (unpaired) electrons. The highest BCUT2D eigenvalue weighted by Gasteiger charge is 2.18. The SMILES string of the molecule is CCCc1nc(NN)c(C)c(N2CCSCC2)n1. The Morgan fingerprint density at radius 2 is 2.06 bits per heavy atom. The van der Waals surface area contributed by atoms with E-state index in [2.05, 4.69) is 22.2 Å². The van der Waals surface area contributed by atoms with Gasteiger partial charge >= 0.3 is 0 Å². The first-order chi connectivity index (χ1) is 8.76. The molecule has 0 aliphatic carbocycles.